The van der Waals surface area contributed by atoms with E-state index in [1.807, 2.05) is 6.92 Å². The smallest absolute Gasteiger partial charge is 0.272 e. The van der Waals surface area contributed by atoms with E-state index in [0.29, 0.717) is 23.7 Å². The molecule has 0 saturated carbocycles. The summed E-state index contributed by atoms with van der Waals surface area (Å²) in [6.45, 7) is 3.01. The Kier molecular flexibility index (Phi) is 5.69. The monoisotopic (exact) mass is 406 g/mol. The number of aromatic nitrogens is 1. The average Bonchev–Trinajstić information content (AvgIpc) is 3.25. The minimum atomic E-state index is -3.60. The standard InChI is InChI=1S/C18H22N4O3S2/c1-3-14-9-13(11-19)18(26-14)20-17(23)16-10-15(12-21(16)2)27(24,25)22-7-5-4-6-8-22/h9-10,12H,3-8H2,1-2H3,(H,20,23). The van der Waals surface area contributed by atoms with Gasteiger partial charge in [-0.3, -0.25) is 4.79 Å². The average molecular weight is 407 g/mol. The maximum absolute atomic E-state index is 12.8. The van der Waals surface area contributed by atoms with Crippen molar-refractivity contribution in [1.82, 2.24) is 8.87 Å². The van der Waals surface area contributed by atoms with Gasteiger partial charge in [0.15, 0.2) is 0 Å². The predicted molar refractivity (Wildman–Crippen MR) is 104 cm³/mol. The number of carbonyl (C=O) groups excluding carboxylic acids is 1. The van der Waals surface area contributed by atoms with Gasteiger partial charge in [0.25, 0.3) is 5.91 Å². The summed E-state index contributed by atoms with van der Waals surface area (Å²) in [5, 5.41) is 12.5. The Bertz CT molecular complexity index is 992. The zero-order chi connectivity index (χ0) is 19.6. The van der Waals surface area contributed by atoms with Gasteiger partial charge in [-0.1, -0.05) is 13.3 Å². The van der Waals surface area contributed by atoms with Crippen LogP contribution in [0, 0.1) is 11.3 Å². The summed E-state index contributed by atoms with van der Waals surface area (Å²) >= 11 is 1.36. The summed E-state index contributed by atoms with van der Waals surface area (Å²) in [6, 6.07) is 5.24. The molecule has 1 N–H and O–H groups in total. The first-order valence-corrected chi connectivity index (χ1v) is 11.1. The molecule has 1 saturated heterocycles. The molecule has 0 radical (unpaired) electrons. The second kappa shape index (κ2) is 7.84. The highest BCUT2D eigenvalue weighted by atomic mass is 32.2. The van der Waals surface area contributed by atoms with Crippen LogP contribution >= 0.6 is 11.3 Å². The van der Waals surface area contributed by atoms with E-state index in [0.717, 1.165) is 30.6 Å². The minimum absolute atomic E-state index is 0.123. The van der Waals surface area contributed by atoms with Crippen molar-refractivity contribution in [3.63, 3.8) is 0 Å². The SMILES string of the molecule is CCc1cc(C#N)c(NC(=O)c2cc(S(=O)(=O)N3CCCCC3)cn2C)s1. The van der Waals surface area contributed by atoms with Gasteiger partial charge in [-0.2, -0.15) is 9.57 Å². The number of hydrogen-bond acceptors (Lipinski definition) is 5. The number of hydrogen-bond donors (Lipinski definition) is 1. The molecule has 0 bridgehead atoms. The van der Waals surface area contributed by atoms with Crippen LogP contribution in [-0.2, 0) is 23.5 Å². The molecule has 144 valence electrons. The van der Waals surface area contributed by atoms with Crippen molar-refractivity contribution in [3.8, 4) is 6.07 Å². The van der Waals surface area contributed by atoms with Crippen LogP contribution in [0.2, 0.25) is 0 Å². The van der Waals surface area contributed by atoms with Crippen LogP contribution in [0.1, 0.15) is 47.1 Å². The second-order valence-corrected chi connectivity index (χ2v) is 9.59. The van der Waals surface area contributed by atoms with E-state index in [4.69, 9.17) is 0 Å². The van der Waals surface area contributed by atoms with Crippen LogP contribution in [-0.4, -0.2) is 36.3 Å². The normalized spacial score (nSPS) is 15.4. The molecule has 0 aliphatic carbocycles. The maximum Gasteiger partial charge on any atom is 0.272 e. The highest BCUT2D eigenvalue weighted by molar-refractivity contribution is 7.89. The van der Waals surface area contributed by atoms with E-state index in [9.17, 15) is 18.5 Å². The lowest BCUT2D eigenvalue weighted by Crippen LogP contribution is -2.35. The van der Waals surface area contributed by atoms with Crippen LogP contribution in [0.5, 0.6) is 0 Å². The minimum Gasteiger partial charge on any atom is -0.345 e. The number of aryl methyl sites for hydroxylation is 2. The number of sulfonamides is 1. The third-order valence-electron chi connectivity index (χ3n) is 4.64. The Morgan fingerprint density at radius 3 is 2.63 bits per heavy atom. The Morgan fingerprint density at radius 2 is 2.00 bits per heavy atom. The lowest BCUT2D eigenvalue weighted by molar-refractivity contribution is 0.101. The third-order valence-corrected chi connectivity index (χ3v) is 7.70. The molecule has 0 aromatic carbocycles. The van der Waals surface area contributed by atoms with Gasteiger partial charge in [0.05, 0.1) is 5.56 Å². The summed E-state index contributed by atoms with van der Waals surface area (Å²) in [4.78, 5) is 13.8. The number of carbonyl (C=O) groups is 1. The van der Waals surface area contributed by atoms with Crippen LogP contribution in [0.15, 0.2) is 23.2 Å². The highest BCUT2D eigenvalue weighted by Gasteiger charge is 2.28. The highest BCUT2D eigenvalue weighted by Crippen LogP contribution is 2.29. The van der Waals surface area contributed by atoms with Gasteiger partial charge in [-0.15, -0.1) is 11.3 Å². The van der Waals surface area contributed by atoms with E-state index in [-0.39, 0.29) is 10.6 Å². The zero-order valence-corrected chi connectivity index (χ0v) is 17.0. The van der Waals surface area contributed by atoms with Crippen LogP contribution in [0.4, 0.5) is 5.00 Å². The van der Waals surface area contributed by atoms with Crippen molar-refractivity contribution in [2.45, 2.75) is 37.5 Å². The summed E-state index contributed by atoms with van der Waals surface area (Å²) in [5.41, 5.74) is 0.654. The number of nitrogens with one attached hydrogen (secondary N) is 1. The molecule has 3 heterocycles. The number of rotatable bonds is 5. The van der Waals surface area contributed by atoms with Crippen LogP contribution in [0.3, 0.4) is 0 Å². The Morgan fingerprint density at radius 1 is 1.30 bits per heavy atom. The van der Waals surface area contributed by atoms with Crippen LogP contribution in [0.25, 0.3) is 0 Å². The van der Waals surface area contributed by atoms with Gasteiger partial charge < -0.3 is 9.88 Å². The first-order valence-electron chi connectivity index (χ1n) is 8.87. The van der Waals surface area contributed by atoms with Crippen molar-refractivity contribution < 1.29 is 13.2 Å². The third kappa shape index (κ3) is 3.93. The number of amides is 1. The summed E-state index contributed by atoms with van der Waals surface area (Å²) in [5.74, 6) is -0.432. The predicted octanol–water partition coefficient (Wildman–Crippen LogP) is 2.95. The van der Waals surface area contributed by atoms with Gasteiger partial charge in [0.2, 0.25) is 10.0 Å². The fraction of sp³-hybridized carbons (Fsp3) is 0.444. The molecule has 0 unspecified atom stereocenters. The Labute approximate surface area is 163 Å². The van der Waals surface area contributed by atoms with Gasteiger partial charge in [-0.05, 0) is 31.4 Å². The fourth-order valence-corrected chi connectivity index (χ4v) is 5.65. The Balaban J connectivity index is 1.85. The van der Waals surface area contributed by atoms with Gasteiger partial charge in [-0.25, -0.2) is 8.42 Å². The van der Waals surface area contributed by atoms with Gasteiger partial charge in [0.1, 0.15) is 21.7 Å². The number of piperidine rings is 1. The fourth-order valence-electron chi connectivity index (χ4n) is 3.11. The molecular formula is C18H22N4O3S2. The molecule has 9 heteroatoms. The van der Waals surface area contributed by atoms with Gasteiger partial charge in [0, 0.05) is 31.2 Å². The van der Waals surface area contributed by atoms with E-state index in [2.05, 4.69) is 11.4 Å². The molecule has 3 rings (SSSR count). The summed E-state index contributed by atoms with van der Waals surface area (Å²) < 4.78 is 28.6. The lowest BCUT2D eigenvalue weighted by Gasteiger charge is -2.25. The maximum atomic E-state index is 12.8. The van der Waals surface area contributed by atoms with Crippen LogP contribution < -0.4 is 5.32 Å². The first-order chi connectivity index (χ1) is 12.9. The molecule has 7 nitrogen and oxygen atoms in total. The summed E-state index contributed by atoms with van der Waals surface area (Å²) in [7, 11) is -1.96. The number of nitriles is 1. The van der Waals surface area contributed by atoms with E-state index in [1.165, 1.54) is 32.5 Å². The molecule has 0 spiro atoms. The van der Waals surface area contributed by atoms with Crippen molar-refractivity contribution in [1.29, 1.82) is 5.26 Å². The molecule has 2 aromatic rings. The van der Waals surface area contributed by atoms with E-state index >= 15 is 0 Å². The number of anilines is 1. The van der Waals surface area contributed by atoms with Crippen molar-refractivity contribution >= 4 is 32.3 Å². The lowest BCUT2D eigenvalue weighted by atomic mass is 10.2. The molecule has 27 heavy (non-hydrogen) atoms. The quantitative estimate of drug-likeness (QED) is 0.826. The zero-order valence-electron chi connectivity index (χ0n) is 15.4. The molecule has 1 fully saturated rings. The number of nitrogens with zero attached hydrogens (tertiary/aromatic N) is 3. The topological polar surface area (TPSA) is 95.2 Å². The number of thiophene rings is 1. The first kappa shape index (κ1) is 19.6. The molecule has 1 aliphatic rings. The van der Waals surface area contributed by atoms with E-state index in [1.54, 1.807) is 13.1 Å². The largest absolute Gasteiger partial charge is 0.345 e. The molecule has 1 aliphatic heterocycles. The van der Waals surface area contributed by atoms with Gasteiger partial charge >= 0.3 is 0 Å². The van der Waals surface area contributed by atoms with E-state index < -0.39 is 15.9 Å². The Hall–Kier alpha value is -2.15. The van der Waals surface area contributed by atoms with Crippen molar-refractivity contribution in [3.05, 3.63) is 34.5 Å². The summed E-state index contributed by atoms with van der Waals surface area (Å²) in [6.07, 6.45) is 4.99. The molecule has 1 amide bonds. The van der Waals surface area contributed by atoms with Crippen molar-refractivity contribution in [2.24, 2.45) is 7.05 Å². The second-order valence-electron chi connectivity index (χ2n) is 6.51. The molecule has 0 atom stereocenters. The molecular weight excluding hydrogens is 384 g/mol. The van der Waals surface area contributed by atoms with Crippen molar-refractivity contribution in [2.75, 3.05) is 18.4 Å². The molecule has 2 aromatic heterocycles.